The Balaban J connectivity index is 1.51. The molecule has 3 aliphatic carbocycles. The van der Waals surface area contributed by atoms with Crippen LogP contribution in [0.25, 0.3) is 0 Å². The molecular formula is C18H24N2O. The highest BCUT2D eigenvalue weighted by atomic mass is 16.2. The van der Waals surface area contributed by atoms with E-state index in [1.54, 1.807) is 0 Å². The van der Waals surface area contributed by atoms with Gasteiger partial charge in [-0.2, -0.15) is 0 Å². The molecule has 3 N–H and O–H groups in total. The van der Waals surface area contributed by atoms with Gasteiger partial charge >= 0.3 is 0 Å². The largest absolute Gasteiger partial charge is 0.349 e. The van der Waals surface area contributed by atoms with Crippen molar-refractivity contribution in [1.29, 1.82) is 0 Å². The molecule has 2 fully saturated rings. The van der Waals surface area contributed by atoms with Gasteiger partial charge in [-0.1, -0.05) is 37.1 Å². The Labute approximate surface area is 126 Å². The minimum atomic E-state index is -0.112. The number of hydrogen-bond donors (Lipinski definition) is 2. The van der Waals surface area contributed by atoms with Gasteiger partial charge in [0, 0.05) is 17.9 Å². The summed E-state index contributed by atoms with van der Waals surface area (Å²) in [5, 5.41) is 3.32. The molecule has 0 saturated heterocycles. The van der Waals surface area contributed by atoms with Crippen LogP contribution in [-0.2, 0) is 16.6 Å². The first-order chi connectivity index (χ1) is 10.2. The molecule has 112 valence electrons. The van der Waals surface area contributed by atoms with Gasteiger partial charge in [0.1, 0.15) is 0 Å². The summed E-state index contributed by atoms with van der Waals surface area (Å²) in [6, 6.07) is 8.66. The van der Waals surface area contributed by atoms with Crippen LogP contribution in [0.2, 0.25) is 0 Å². The molecule has 4 rings (SSSR count). The van der Waals surface area contributed by atoms with E-state index in [1.165, 1.54) is 24.0 Å². The summed E-state index contributed by atoms with van der Waals surface area (Å²) in [5.74, 6) is 0.421. The number of hydrogen-bond acceptors (Lipinski definition) is 2. The lowest BCUT2D eigenvalue weighted by atomic mass is 9.93. The quantitative estimate of drug-likeness (QED) is 0.894. The Hall–Kier alpha value is -1.35. The first-order valence-electron chi connectivity index (χ1n) is 8.30. The molecule has 1 aromatic rings. The van der Waals surface area contributed by atoms with Crippen LogP contribution in [0.3, 0.4) is 0 Å². The second-order valence-corrected chi connectivity index (χ2v) is 7.25. The molecule has 0 bridgehead atoms. The molecular weight excluding hydrogens is 260 g/mol. The maximum absolute atomic E-state index is 12.7. The summed E-state index contributed by atoms with van der Waals surface area (Å²) in [7, 11) is 0. The number of nitrogens with one attached hydrogen (secondary N) is 1. The maximum atomic E-state index is 12.7. The SMILES string of the molecule is NCC1(NC(=O)C2CC23CCc2ccccc23)CCCC1. The van der Waals surface area contributed by atoms with Crippen LogP contribution in [-0.4, -0.2) is 18.0 Å². The summed E-state index contributed by atoms with van der Waals surface area (Å²) in [5.41, 5.74) is 8.86. The zero-order chi connectivity index (χ0) is 14.5. The van der Waals surface area contributed by atoms with E-state index < -0.39 is 0 Å². The summed E-state index contributed by atoms with van der Waals surface area (Å²) >= 11 is 0. The van der Waals surface area contributed by atoms with Crippen molar-refractivity contribution in [1.82, 2.24) is 5.32 Å². The van der Waals surface area contributed by atoms with E-state index in [2.05, 4.69) is 29.6 Å². The van der Waals surface area contributed by atoms with Crippen molar-refractivity contribution in [3.8, 4) is 0 Å². The monoisotopic (exact) mass is 284 g/mol. The van der Waals surface area contributed by atoms with Crippen LogP contribution in [0.1, 0.15) is 49.7 Å². The minimum Gasteiger partial charge on any atom is -0.349 e. The lowest BCUT2D eigenvalue weighted by Crippen LogP contribution is -2.52. The highest BCUT2D eigenvalue weighted by Crippen LogP contribution is 2.61. The molecule has 2 atom stereocenters. The van der Waals surface area contributed by atoms with E-state index in [-0.39, 0.29) is 22.8 Å². The molecule has 0 heterocycles. The third-order valence-corrected chi connectivity index (χ3v) is 6.13. The highest BCUT2D eigenvalue weighted by Gasteiger charge is 2.61. The van der Waals surface area contributed by atoms with Gasteiger partial charge in [0.2, 0.25) is 5.91 Å². The highest BCUT2D eigenvalue weighted by molar-refractivity contribution is 5.85. The van der Waals surface area contributed by atoms with E-state index in [1.807, 2.05) is 0 Å². The van der Waals surface area contributed by atoms with Crippen LogP contribution < -0.4 is 11.1 Å². The Bertz CT molecular complexity index is 576. The third kappa shape index (κ3) is 1.94. The van der Waals surface area contributed by atoms with Gasteiger partial charge in [0.25, 0.3) is 0 Å². The van der Waals surface area contributed by atoms with E-state index in [0.29, 0.717) is 6.54 Å². The van der Waals surface area contributed by atoms with Crippen molar-refractivity contribution >= 4 is 5.91 Å². The van der Waals surface area contributed by atoms with Crippen LogP contribution in [0.5, 0.6) is 0 Å². The normalized spacial score (nSPS) is 32.1. The Morgan fingerprint density at radius 2 is 2.00 bits per heavy atom. The first-order valence-corrected chi connectivity index (χ1v) is 8.30. The van der Waals surface area contributed by atoms with Crippen molar-refractivity contribution in [2.24, 2.45) is 11.7 Å². The first kappa shape index (κ1) is 13.3. The van der Waals surface area contributed by atoms with E-state index >= 15 is 0 Å². The number of benzene rings is 1. The number of fused-ring (bicyclic) bond motifs is 2. The van der Waals surface area contributed by atoms with E-state index in [4.69, 9.17) is 5.73 Å². The van der Waals surface area contributed by atoms with Gasteiger partial charge in [-0.3, -0.25) is 4.79 Å². The fraction of sp³-hybridized carbons (Fsp3) is 0.611. The summed E-state index contributed by atoms with van der Waals surface area (Å²) < 4.78 is 0. The van der Waals surface area contributed by atoms with E-state index in [0.717, 1.165) is 32.1 Å². The Kier molecular flexibility index (Phi) is 2.90. The zero-order valence-electron chi connectivity index (χ0n) is 12.5. The predicted molar refractivity (Wildman–Crippen MR) is 82.9 cm³/mol. The molecule has 0 aromatic heterocycles. The molecule has 3 heteroatoms. The summed E-state index contributed by atoms with van der Waals surface area (Å²) in [4.78, 5) is 12.7. The number of nitrogens with two attached hydrogens (primary N) is 1. The van der Waals surface area contributed by atoms with Gasteiger partial charge in [-0.25, -0.2) is 0 Å². The van der Waals surface area contributed by atoms with Crippen molar-refractivity contribution in [3.63, 3.8) is 0 Å². The molecule has 3 nitrogen and oxygen atoms in total. The van der Waals surface area contributed by atoms with Crippen molar-refractivity contribution < 1.29 is 4.79 Å². The summed E-state index contributed by atoms with van der Waals surface area (Å²) in [6.45, 7) is 0.578. The van der Waals surface area contributed by atoms with Crippen molar-refractivity contribution in [3.05, 3.63) is 35.4 Å². The lowest BCUT2D eigenvalue weighted by Gasteiger charge is -2.29. The zero-order valence-corrected chi connectivity index (χ0v) is 12.5. The van der Waals surface area contributed by atoms with Crippen LogP contribution >= 0.6 is 0 Å². The van der Waals surface area contributed by atoms with Gasteiger partial charge in [0.05, 0.1) is 5.54 Å². The average Bonchev–Trinajstić information content (AvgIpc) is 2.87. The molecule has 21 heavy (non-hydrogen) atoms. The molecule has 0 radical (unpaired) electrons. The number of carbonyl (C=O) groups excluding carboxylic acids is 1. The fourth-order valence-electron chi connectivity index (χ4n) is 4.72. The van der Waals surface area contributed by atoms with Crippen LogP contribution in [0, 0.1) is 5.92 Å². The molecule has 0 aliphatic heterocycles. The second-order valence-electron chi connectivity index (χ2n) is 7.25. The van der Waals surface area contributed by atoms with Gasteiger partial charge < -0.3 is 11.1 Å². The standard InChI is InChI=1S/C18H24N2O/c19-12-17(8-3-4-9-17)20-16(21)15-11-18(15)10-7-13-5-1-2-6-14(13)18/h1-2,5-6,15H,3-4,7-12,19H2,(H,20,21). The number of rotatable bonds is 3. The second kappa shape index (κ2) is 4.57. The number of amides is 1. The molecule has 1 spiro atoms. The van der Waals surface area contributed by atoms with Gasteiger partial charge in [0.15, 0.2) is 0 Å². The van der Waals surface area contributed by atoms with Crippen LogP contribution in [0.15, 0.2) is 24.3 Å². The maximum Gasteiger partial charge on any atom is 0.224 e. The number of aryl methyl sites for hydroxylation is 1. The minimum absolute atomic E-state index is 0.112. The molecule has 2 unspecified atom stereocenters. The fourth-order valence-corrected chi connectivity index (χ4v) is 4.72. The van der Waals surface area contributed by atoms with Gasteiger partial charge in [-0.05, 0) is 43.2 Å². The molecule has 2 saturated carbocycles. The van der Waals surface area contributed by atoms with Gasteiger partial charge in [-0.15, -0.1) is 0 Å². The molecule has 3 aliphatic rings. The smallest absolute Gasteiger partial charge is 0.224 e. The lowest BCUT2D eigenvalue weighted by molar-refractivity contribution is -0.124. The van der Waals surface area contributed by atoms with Crippen LogP contribution in [0.4, 0.5) is 0 Å². The van der Waals surface area contributed by atoms with E-state index in [9.17, 15) is 4.79 Å². The summed E-state index contributed by atoms with van der Waals surface area (Å²) in [6.07, 6.45) is 7.77. The van der Waals surface area contributed by atoms with Crippen molar-refractivity contribution in [2.75, 3.05) is 6.54 Å². The third-order valence-electron chi connectivity index (χ3n) is 6.13. The average molecular weight is 284 g/mol. The topological polar surface area (TPSA) is 55.1 Å². The predicted octanol–water partition coefficient (Wildman–Crippen LogP) is 2.28. The Morgan fingerprint density at radius 1 is 1.24 bits per heavy atom. The molecule has 1 aromatic carbocycles. The Morgan fingerprint density at radius 3 is 2.76 bits per heavy atom. The molecule has 1 amide bonds. The number of carbonyl (C=O) groups is 1. The van der Waals surface area contributed by atoms with Crippen molar-refractivity contribution in [2.45, 2.75) is 55.9 Å².